The molecule has 2 heterocycles. The maximum absolute atomic E-state index is 6.01. The number of guanidine groups is 1. The maximum atomic E-state index is 6.01. The van der Waals surface area contributed by atoms with Crippen LogP contribution in [-0.2, 0) is 13.5 Å². The zero-order chi connectivity index (χ0) is 19.1. The smallest absolute Gasteiger partial charge is 0.191 e. The average Bonchev–Trinajstić information content (AvgIpc) is 3.05. The molecule has 9 heteroatoms. The second kappa shape index (κ2) is 9.18. The van der Waals surface area contributed by atoms with Crippen LogP contribution in [0.25, 0.3) is 11.0 Å². The van der Waals surface area contributed by atoms with Gasteiger partial charge >= 0.3 is 0 Å². The Morgan fingerprint density at radius 3 is 2.85 bits per heavy atom. The highest BCUT2D eigenvalue weighted by atomic mass is 35.5. The van der Waals surface area contributed by atoms with Gasteiger partial charge in [-0.1, -0.05) is 23.7 Å². The van der Waals surface area contributed by atoms with Crippen molar-refractivity contribution in [2.45, 2.75) is 6.42 Å². The zero-order valence-electron chi connectivity index (χ0n) is 15.4. The molecule has 3 aromatic rings. The van der Waals surface area contributed by atoms with E-state index in [0.29, 0.717) is 13.1 Å². The highest BCUT2D eigenvalue weighted by Gasteiger charge is 2.07. The fourth-order valence-corrected chi connectivity index (χ4v) is 2.92. The van der Waals surface area contributed by atoms with Crippen LogP contribution in [0.1, 0.15) is 5.56 Å². The number of nitrogens with one attached hydrogen (secondary N) is 3. The number of fused-ring (bicyclic) bond motifs is 1. The molecule has 0 unspecified atom stereocenters. The van der Waals surface area contributed by atoms with E-state index in [2.05, 4.69) is 42.1 Å². The number of hydrogen-bond acceptors (Lipinski definition) is 5. The van der Waals surface area contributed by atoms with Gasteiger partial charge < -0.3 is 16.0 Å². The molecular formula is C18H23ClN8. The van der Waals surface area contributed by atoms with E-state index < -0.39 is 0 Å². The van der Waals surface area contributed by atoms with Crippen LogP contribution in [0, 0.1) is 0 Å². The number of nitrogens with zero attached hydrogens (tertiary/aromatic N) is 5. The van der Waals surface area contributed by atoms with Gasteiger partial charge in [0.1, 0.15) is 12.1 Å². The first kappa shape index (κ1) is 18.9. The molecule has 8 nitrogen and oxygen atoms in total. The van der Waals surface area contributed by atoms with Crippen molar-refractivity contribution in [1.29, 1.82) is 0 Å². The molecule has 0 spiro atoms. The van der Waals surface area contributed by atoms with Gasteiger partial charge in [0, 0.05) is 38.8 Å². The predicted octanol–water partition coefficient (Wildman–Crippen LogP) is 1.84. The minimum atomic E-state index is 0.690. The quantitative estimate of drug-likeness (QED) is 0.326. The molecule has 0 aliphatic carbocycles. The average molecular weight is 387 g/mol. The second-order valence-corrected chi connectivity index (χ2v) is 6.40. The summed E-state index contributed by atoms with van der Waals surface area (Å²) < 4.78 is 1.73. The van der Waals surface area contributed by atoms with E-state index >= 15 is 0 Å². The number of benzene rings is 1. The molecule has 0 saturated carbocycles. The van der Waals surface area contributed by atoms with Crippen LogP contribution in [0.15, 0.2) is 41.8 Å². The van der Waals surface area contributed by atoms with E-state index in [4.69, 9.17) is 11.6 Å². The topological polar surface area (TPSA) is 92.1 Å². The van der Waals surface area contributed by atoms with E-state index in [-0.39, 0.29) is 0 Å². The SMILES string of the molecule is CN=C(NCCNc1ncnc2c1cnn2C)NCCc1cccc(Cl)c1. The number of halogens is 1. The van der Waals surface area contributed by atoms with Crippen LogP contribution in [0.2, 0.25) is 5.02 Å². The highest BCUT2D eigenvalue weighted by Crippen LogP contribution is 2.17. The third kappa shape index (κ3) is 5.07. The third-order valence-electron chi connectivity index (χ3n) is 4.06. The molecule has 27 heavy (non-hydrogen) atoms. The van der Waals surface area contributed by atoms with Crippen LogP contribution in [-0.4, -0.2) is 52.4 Å². The van der Waals surface area contributed by atoms with Crippen molar-refractivity contribution in [1.82, 2.24) is 30.4 Å². The molecule has 0 atom stereocenters. The van der Waals surface area contributed by atoms with Gasteiger partial charge in [-0.2, -0.15) is 5.10 Å². The van der Waals surface area contributed by atoms with Crippen molar-refractivity contribution in [2.24, 2.45) is 12.0 Å². The molecule has 2 aromatic heterocycles. The van der Waals surface area contributed by atoms with Crippen molar-refractivity contribution < 1.29 is 0 Å². The molecule has 142 valence electrons. The summed E-state index contributed by atoms with van der Waals surface area (Å²) in [6, 6.07) is 7.88. The predicted molar refractivity (Wildman–Crippen MR) is 109 cm³/mol. The van der Waals surface area contributed by atoms with E-state index in [0.717, 1.165) is 40.8 Å². The monoisotopic (exact) mass is 386 g/mol. The summed E-state index contributed by atoms with van der Waals surface area (Å²) >= 11 is 6.01. The molecule has 0 bridgehead atoms. The van der Waals surface area contributed by atoms with Crippen molar-refractivity contribution in [3.63, 3.8) is 0 Å². The molecule has 0 aliphatic heterocycles. The number of aryl methyl sites for hydroxylation is 1. The first-order valence-corrected chi connectivity index (χ1v) is 9.10. The lowest BCUT2D eigenvalue weighted by molar-refractivity contribution is 0.785. The summed E-state index contributed by atoms with van der Waals surface area (Å²) in [5.74, 6) is 1.53. The van der Waals surface area contributed by atoms with Gasteiger partial charge in [-0.05, 0) is 24.1 Å². The second-order valence-electron chi connectivity index (χ2n) is 5.96. The van der Waals surface area contributed by atoms with Crippen LogP contribution in [0.5, 0.6) is 0 Å². The molecule has 3 N–H and O–H groups in total. The van der Waals surface area contributed by atoms with Crippen molar-refractivity contribution in [2.75, 3.05) is 32.0 Å². The summed E-state index contributed by atoms with van der Waals surface area (Å²) in [5, 5.41) is 15.8. The Morgan fingerprint density at radius 2 is 2.04 bits per heavy atom. The fourth-order valence-electron chi connectivity index (χ4n) is 2.70. The first-order chi connectivity index (χ1) is 13.2. The van der Waals surface area contributed by atoms with Crippen molar-refractivity contribution in [3.05, 3.63) is 47.4 Å². The molecule has 0 aliphatic rings. The van der Waals surface area contributed by atoms with E-state index in [1.54, 1.807) is 17.9 Å². The summed E-state index contributed by atoms with van der Waals surface area (Å²) in [6.45, 7) is 2.16. The van der Waals surface area contributed by atoms with E-state index in [1.807, 2.05) is 25.2 Å². The van der Waals surface area contributed by atoms with Crippen molar-refractivity contribution in [3.8, 4) is 0 Å². The van der Waals surface area contributed by atoms with Gasteiger partial charge in [0.05, 0.1) is 11.6 Å². The Labute approximate surface area is 163 Å². The summed E-state index contributed by atoms with van der Waals surface area (Å²) in [7, 11) is 3.62. The van der Waals surface area contributed by atoms with Gasteiger partial charge in [-0.15, -0.1) is 0 Å². The lowest BCUT2D eigenvalue weighted by Crippen LogP contribution is -2.40. The summed E-state index contributed by atoms with van der Waals surface area (Å²) in [6.07, 6.45) is 4.18. The van der Waals surface area contributed by atoms with Crippen molar-refractivity contribution >= 4 is 34.4 Å². The third-order valence-corrected chi connectivity index (χ3v) is 4.29. The lowest BCUT2D eigenvalue weighted by Gasteiger charge is -2.13. The molecule has 0 fully saturated rings. The highest BCUT2D eigenvalue weighted by molar-refractivity contribution is 6.30. The Bertz CT molecular complexity index is 921. The zero-order valence-corrected chi connectivity index (χ0v) is 16.2. The molecular weight excluding hydrogens is 364 g/mol. The van der Waals surface area contributed by atoms with Crippen LogP contribution in [0.3, 0.4) is 0 Å². The van der Waals surface area contributed by atoms with E-state index in [1.165, 1.54) is 11.9 Å². The van der Waals surface area contributed by atoms with E-state index in [9.17, 15) is 0 Å². The molecule has 0 saturated heterocycles. The van der Waals surface area contributed by atoms with Crippen LogP contribution >= 0.6 is 11.6 Å². The fraction of sp³-hybridized carbons (Fsp3) is 0.333. The number of aromatic nitrogens is 4. The van der Waals surface area contributed by atoms with Gasteiger partial charge in [0.15, 0.2) is 11.6 Å². The van der Waals surface area contributed by atoms with Gasteiger partial charge in [0.25, 0.3) is 0 Å². The first-order valence-electron chi connectivity index (χ1n) is 8.73. The van der Waals surface area contributed by atoms with Crippen LogP contribution < -0.4 is 16.0 Å². The number of anilines is 1. The molecule has 3 rings (SSSR count). The summed E-state index contributed by atoms with van der Waals surface area (Å²) in [5.41, 5.74) is 2.00. The Hall–Kier alpha value is -2.87. The van der Waals surface area contributed by atoms with Gasteiger partial charge in [-0.3, -0.25) is 9.67 Å². The Balaban J connectivity index is 1.42. The molecule has 0 radical (unpaired) electrons. The Morgan fingerprint density at radius 1 is 1.19 bits per heavy atom. The van der Waals surface area contributed by atoms with Gasteiger partial charge in [0.2, 0.25) is 0 Å². The maximum Gasteiger partial charge on any atom is 0.191 e. The minimum absolute atomic E-state index is 0.690. The van der Waals surface area contributed by atoms with Crippen LogP contribution in [0.4, 0.5) is 5.82 Å². The number of aliphatic imine (C=N–C) groups is 1. The Kier molecular flexibility index (Phi) is 6.43. The minimum Gasteiger partial charge on any atom is -0.368 e. The number of hydrogen-bond donors (Lipinski definition) is 3. The largest absolute Gasteiger partial charge is 0.368 e. The normalized spacial score (nSPS) is 11.6. The summed E-state index contributed by atoms with van der Waals surface area (Å²) in [4.78, 5) is 12.8. The standard InChI is InChI=1S/C18H23ClN8/c1-20-18(22-7-6-13-4-3-5-14(19)10-13)23-9-8-21-16-15-11-26-27(2)17(15)25-12-24-16/h3-5,10-12H,6-9H2,1-2H3,(H2,20,22,23)(H,21,24,25). The molecule has 0 amide bonds. The number of rotatable bonds is 7. The van der Waals surface area contributed by atoms with Gasteiger partial charge in [-0.25, -0.2) is 9.97 Å². The molecule has 1 aromatic carbocycles. The lowest BCUT2D eigenvalue weighted by atomic mass is 10.1.